The zero-order valence-corrected chi connectivity index (χ0v) is 13.6. The van der Waals surface area contributed by atoms with Gasteiger partial charge in [0.25, 0.3) is 0 Å². The van der Waals surface area contributed by atoms with Crippen molar-refractivity contribution in [3.8, 4) is 5.75 Å². The fourth-order valence-electron chi connectivity index (χ4n) is 2.04. The predicted octanol–water partition coefficient (Wildman–Crippen LogP) is 4.50. The van der Waals surface area contributed by atoms with Crippen LogP contribution in [0.1, 0.15) is 30.0 Å². The summed E-state index contributed by atoms with van der Waals surface area (Å²) < 4.78 is 5.95. The second-order valence-electron chi connectivity index (χ2n) is 5.06. The van der Waals surface area contributed by atoms with Crippen molar-refractivity contribution in [2.45, 2.75) is 33.4 Å². The summed E-state index contributed by atoms with van der Waals surface area (Å²) in [5.41, 5.74) is 3.69. The maximum Gasteiger partial charge on any atom is 0.124 e. The molecule has 2 aromatic rings. The molecule has 0 aliphatic carbocycles. The molecule has 0 amide bonds. The smallest absolute Gasteiger partial charge is 0.124 e. The van der Waals surface area contributed by atoms with Gasteiger partial charge in [0, 0.05) is 12.1 Å². The van der Waals surface area contributed by atoms with E-state index in [1.807, 2.05) is 12.1 Å². The van der Waals surface area contributed by atoms with Crippen molar-refractivity contribution in [3.05, 3.63) is 65.2 Å². The Morgan fingerprint density at radius 1 is 1.00 bits per heavy atom. The molecule has 0 unspecified atom stereocenters. The Morgan fingerprint density at radius 2 is 1.71 bits per heavy atom. The van der Waals surface area contributed by atoms with Gasteiger partial charge in [0.1, 0.15) is 12.4 Å². The number of nitrogens with one attached hydrogen (secondary N) is 1. The molecule has 21 heavy (non-hydrogen) atoms. The normalized spacial score (nSPS) is 10.0. The lowest BCUT2D eigenvalue weighted by atomic mass is 10.1. The van der Waals surface area contributed by atoms with Gasteiger partial charge in [0.2, 0.25) is 0 Å². The molecule has 0 fully saturated rings. The number of para-hydroxylation sites is 1. The number of benzene rings is 2. The molecule has 0 aliphatic rings. The van der Waals surface area contributed by atoms with Crippen molar-refractivity contribution >= 4 is 12.4 Å². The molecule has 0 spiro atoms. The molecule has 0 heterocycles. The summed E-state index contributed by atoms with van der Waals surface area (Å²) in [5, 5.41) is 3.42. The van der Waals surface area contributed by atoms with E-state index in [9.17, 15) is 0 Å². The Balaban J connectivity index is 0.00000220. The maximum absolute atomic E-state index is 5.95. The van der Waals surface area contributed by atoms with Gasteiger partial charge in [-0.1, -0.05) is 55.0 Å². The molecule has 0 bridgehead atoms. The van der Waals surface area contributed by atoms with Crippen molar-refractivity contribution in [2.75, 3.05) is 6.54 Å². The van der Waals surface area contributed by atoms with Gasteiger partial charge in [-0.15, -0.1) is 12.4 Å². The van der Waals surface area contributed by atoms with Gasteiger partial charge in [-0.25, -0.2) is 0 Å². The number of aryl methyl sites for hydroxylation is 1. The Morgan fingerprint density at radius 3 is 2.43 bits per heavy atom. The third-order valence-corrected chi connectivity index (χ3v) is 3.23. The molecule has 2 nitrogen and oxygen atoms in total. The van der Waals surface area contributed by atoms with Crippen LogP contribution in [0.15, 0.2) is 48.5 Å². The van der Waals surface area contributed by atoms with E-state index in [2.05, 4.69) is 55.6 Å². The standard InChI is InChI=1S/C18H23NO.ClH/c1-3-12-19-13-17-6-4-5-7-18(17)20-14-16-10-8-15(2)9-11-16;/h4-11,19H,3,12-14H2,1-2H3;1H. The van der Waals surface area contributed by atoms with Gasteiger partial charge in [-0.2, -0.15) is 0 Å². The Bertz CT molecular complexity index is 525. The van der Waals surface area contributed by atoms with Crippen LogP contribution in [0.4, 0.5) is 0 Å². The van der Waals surface area contributed by atoms with Crippen molar-refractivity contribution in [2.24, 2.45) is 0 Å². The zero-order valence-electron chi connectivity index (χ0n) is 12.8. The summed E-state index contributed by atoms with van der Waals surface area (Å²) in [6, 6.07) is 16.7. The monoisotopic (exact) mass is 305 g/mol. The highest BCUT2D eigenvalue weighted by molar-refractivity contribution is 5.85. The Kier molecular flexibility index (Phi) is 7.88. The molecule has 0 saturated heterocycles. The van der Waals surface area contributed by atoms with Gasteiger partial charge in [0.15, 0.2) is 0 Å². The summed E-state index contributed by atoms with van der Waals surface area (Å²) in [7, 11) is 0. The minimum absolute atomic E-state index is 0. The van der Waals surface area contributed by atoms with Crippen LogP contribution in [-0.4, -0.2) is 6.54 Å². The molecule has 0 saturated carbocycles. The third kappa shape index (κ3) is 5.78. The SMILES string of the molecule is CCCNCc1ccccc1OCc1ccc(C)cc1.Cl. The van der Waals surface area contributed by atoms with Crippen LogP contribution in [0.3, 0.4) is 0 Å². The molecule has 3 heteroatoms. The summed E-state index contributed by atoms with van der Waals surface area (Å²) in [6.07, 6.45) is 1.15. The molecule has 1 N–H and O–H groups in total. The van der Waals surface area contributed by atoms with Crippen molar-refractivity contribution in [1.82, 2.24) is 5.32 Å². The lowest BCUT2D eigenvalue weighted by Gasteiger charge is -2.12. The molecule has 0 aliphatic heterocycles. The van der Waals surface area contributed by atoms with E-state index in [0.29, 0.717) is 6.61 Å². The van der Waals surface area contributed by atoms with E-state index in [1.54, 1.807) is 0 Å². The summed E-state index contributed by atoms with van der Waals surface area (Å²) in [6.45, 7) is 6.78. The van der Waals surface area contributed by atoms with Crippen molar-refractivity contribution in [1.29, 1.82) is 0 Å². The van der Waals surface area contributed by atoms with Crippen LogP contribution in [0.2, 0.25) is 0 Å². The molecule has 114 valence electrons. The summed E-state index contributed by atoms with van der Waals surface area (Å²) >= 11 is 0. The van der Waals surface area contributed by atoms with Gasteiger partial charge < -0.3 is 10.1 Å². The van der Waals surface area contributed by atoms with Gasteiger partial charge in [-0.05, 0) is 31.5 Å². The van der Waals surface area contributed by atoms with Crippen LogP contribution in [0.25, 0.3) is 0 Å². The van der Waals surface area contributed by atoms with Crippen LogP contribution < -0.4 is 10.1 Å². The van der Waals surface area contributed by atoms with Gasteiger partial charge in [-0.3, -0.25) is 0 Å². The predicted molar refractivity (Wildman–Crippen MR) is 91.2 cm³/mol. The third-order valence-electron chi connectivity index (χ3n) is 3.23. The van der Waals surface area contributed by atoms with Gasteiger partial charge >= 0.3 is 0 Å². The van der Waals surface area contributed by atoms with E-state index >= 15 is 0 Å². The lowest BCUT2D eigenvalue weighted by Crippen LogP contribution is -2.14. The topological polar surface area (TPSA) is 21.3 Å². The Labute approximate surface area is 133 Å². The van der Waals surface area contributed by atoms with Crippen molar-refractivity contribution < 1.29 is 4.74 Å². The van der Waals surface area contributed by atoms with E-state index in [-0.39, 0.29) is 12.4 Å². The minimum atomic E-state index is 0. The van der Waals surface area contributed by atoms with E-state index < -0.39 is 0 Å². The molecule has 2 aromatic carbocycles. The molecule has 0 radical (unpaired) electrons. The summed E-state index contributed by atoms with van der Waals surface area (Å²) in [5.74, 6) is 0.969. The minimum Gasteiger partial charge on any atom is -0.489 e. The Hall–Kier alpha value is -1.51. The average molecular weight is 306 g/mol. The van der Waals surface area contributed by atoms with E-state index in [0.717, 1.165) is 25.3 Å². The summed E-state index contributed by atoms with van der Waals surface area (Å²) in [4.78, 5) is 0. The molecule has 2 rings (SSSR count). The first-order chi connectivity index (χ1) is 9.79. The van der Waals surface area contributed by atoms with Crippen LogP contribution >= 0.6 is 12.4 Å². The first kappa shape index (κ1) is 17.5. The fourth-order valence-corrected chi connectivity index (χ4v) is 2.04. The highest BCUT2D eigenvalue weighted by Crippen LogP contribution is 2.19. The average Bonchev–Trinajstić information content (AvgIpc) is 2.48. The number of hydrogen-bond donors (Lipinski definition) is 1. The van der Waals surface area contributed by atoms with Crippen LogP contribution in [0.5, 0.6) is 5.75 Å². The van der Waals surface area contributed by atoms with E-state index in [1.165, 1.54) is 16.7 Å². The number of hydrogen-bond acceptors (Lipinski definition) is 2. The van der Waals surface area contributed by atoms with Gasteiger partial charge in [0.05, 0.1) is 0 Å². The van der Waals surface area contributed by atoms with Crippen LogP contribution in [-0.2, 0) is 13.2 Å². The number of halogens is 1. The highest BCUT2D eigenvalue weighted by atomic mass is 35.5. The fraction of sp³-hybridized carbons (Fsp3) is 0.333. The van der Waals surface area contributed by atoms with Crippen LogP contribution in [0, 0.1) is 6.92 Å². The first-order valence-corrected chi connectivity index (χ1v) is 7.26. The zero-order chi connectivity index (χ0) is 14.2. The molecular formula is C18H24ClNO. The molecule has 0 atom stereocenters. The highest BCUT2D eigenvalue weighted by Gasteiger charge is 2.03. The van der Waals surface area contributed by atoms with Crippen molar-refractivity contribution in [3.63, 3.8) is 0 Å². The first-order valence-electron chi connectivity index (χ1n) is 7.26. The van der Waals surface area contributed by atoms with E-state index in [4.69, 9.17) is 4.74 Å². The molecular weight excluding hydrogens is 282 g/mol. The number of ether oxygens (including phenoxy) is 1. The quantitative estimate of drug-likeness (QED) is 0.761. The second-order valence-corrected chi connectivity index (χ2v) is 5.06. The second kappa shape index (κ2) is 9.43. The largest absolute Gasteiger partial charge is 0.489 e. The molecule has 0 aromatic heterocycles. The lowest BCUT2D eigenvalue weighted by molar-refractivity contribution is 0.302. The number of rotatable bonds is 7. The maximum atomic E-state index is 5.95.